The van der Waals surface area contributed by atoms with E-state index < -0.39 is 0 Å². The van der Waals surface area contributed by atoms with Crippen LogP contribution < -0.4 is 10.2 Å². The molecule has 4 heteroatoms. The third kappa shape index (κ3) is 2.72. The van der Waals surface area contributed by atoms with E-state index in [1.807, 2.05) is 17.9 Å². The molecule has 15 heavy (non-hydrogen) atoms. The maximum atomic E-state index is 4.23. The quantitative estimate of drug-likeness (QED) is 0.743. The first kappa shape index (κ1) is 10.5. The number of aromatic nitrogens is 2. The average Bonchev–Trinajstić information content (AvgIpc) is 2.58. The molecule has 2 heterocycles. The van der Waals surface area contributed by atoms with Gasteiger partial charge in [0.05, 0.1) is 11.9 Å². The van der Waals surface area contributed by atoms with Crippen molar-refractivity contribution in [2.75, 3.05) is 31.1 Å². The van der Waals surface area contributed by atoms with Crippen LogP contribution in [0, 0.1) is 5.92 Å². The Morgan fingerprint density at radius 1 is 1.53 bits per heavy atom. The second-order valence-corrected chi connectivity index (χ2v) is 4.48. The van der Waals surface area contributed by atoms with Crippen LogP contribution in [0.4, 0.5) is 5.69 Å². The molecule has 1 fully saturated rings. The number of aryl methyl sites for hydroxylation is 1. The molecule has 0 saturated carbocycles. The lowest BCUT2D eigenvalue weighted by Crippen LogP contribution is -2.38. The van der Waals surface area contributed by atoms with Gasteiger partial charge >= 0.3 is 0 Å². The van der Waals surface area contributed by atoms with Gasteiger partial charge < -0.3 is 10.2 Å². The molecule has 0 spiro atoms. The highest BCUT2D eigenvalue weighted by atomic mass is 15.3. The van der Waals surface area contributed by atoms with Crippen LogP contribution in [0.15, 0.2) is 12.4 Å². The lowest BCUT2D eigenvalue weighted by atomic mass is 10.1. The molecule has 84 valence electrons. The lowest BCUT2D eigenvalue weighted by Gasteiger charge is -2.29. The molecular formula is C11H20N4. The molecule has 1 aliphatic heterocycles. The van der Waals surface area contributed by atoms with Crippen LogP contribution in [-0.2, 0) is 7.05 Å². The second kappa shape index (κ2) is 4.66. The third-order valence-corrected chi connectivity index (χ3v) is 2.86. The fourth-order valence-corrected chi connectivity index (χ4v) is 2.08. The summed E-state index contributed by atoms with van der Waals surface area (Å²) in [5.74, 6) is 0.700. The van der Waals surface area contributed by atoms with Gasteiger partial charge in [0.15, 0.2) is 0 Å². The highest BCUT2D eigenvalue weighted by molar-refractivity contribution is 5.42. The molecule has 1 unspecified atom stereocenters. The first-order valence-corrected chi connectivity index (χ1v) is 5.70. The summed E-state index contributed by atoms with van der Waals surface area (Å²) in [7, 11) is 1.97. The van der Waals surface area contributed by atoms with Crippen LogP contribution in [0.1, 0.15) is 13.3 Å². The lowest BCUT2D eigenvalue weighted by molar-refractivity contribution is 0.468. The van der Waals surface area contributed by atoms with E-state index in [9.17, 15) is 0 Å². The van der Waals surface area contributed by atoms with Crippen LogP contribution >= 0.6 is 0 Å². The van der Waals surface area contributed by atoms with Crippen LogP contribution in [0.2, 0.25) is 0 Å². The summed E-state index contributed by atoms with van der Waals surface area (Å²) < 4.78 is 1.87. The van der Waals surface area contributed by atoms with Crippen molar-refractivity contribution in [3.8, 4) is 0 Å². The molecule has 0 aliphatic carbocycles. The molecule has 4 nitrogen and oxygen atoms in total. The highest BCUT2D eigenvalue weighted by Gasteiger charge is 2.14. The molecule has 0 radical (unpaired) electrons. The number of hydrogen-bond donors (Lipinski definition) is 1. The van der Waals surface area contributed by atoms with Gasteiger partial charge in [-0.2, -0.15) is 5.10 Å². The number of hydrogen-bond acceptors (Lipinski definition) is 3. The van der Waals surface area contributed by atoms with Crippen molar-refractivity contribution in [1.82, 2.24) is 15.1 Å². The minimum atomic E-state index is 0.700. The van der Waals surface area contributed by atoms with E-state index >= 15 is 0 Å². The Hall–Kier alpha value is -1.03. The standard InChI is InChI=1S/C11H20N4/c1-10-6-12-4-3-5-15(8-10)11-7-13-14(2)9-11/h7,9-10,12H,3-6,8H2,1-2H3. The molecule has 1 aromatic heterocycles. The minimum Gasteiger partial charge on any atom is -0.369 e. The number of nitrogens with one attached hydrogen (secondary N) is 1. The summed E-state index contributed by atoms with van der Waals surface area (Å²) in [6.07, 6.45) is 5.27. The highest BCUT2D eigenvalue weighted by Crippen LogP contribution is 2.15. The zero-order chi connectivity index (χ0) is 10.7. The van der Waals surface area contributed by atoms with E-state index in [1.54, 1.807) is 0 Å². The van der Waals surface area contributed by atoms with Gasteiger partial charge in [0, 0.05) is 26.3 Å². The topological polar surface area (TPSA) is 33.1 Å². The summed E-state index contributed by atoms with van der Waals surface area (Å²) >= 11 is 0. The molecule has 1 aliphatic rings. The predicted molar refractivity (Wildman–Crippen MR) is 62.1 cm³/mol. The normalized spacial score (nSPS) is 23.6. The second-order valence-electron chi connectivity index (χ2n) is 4.48. The maximum Gasteiger partial charge on any atom is 0.0752 e. The molecule has 2 rings (SSSR count). The zero-order valence-corrected chi connectivity index (χ0v) is 9.61. The maximum absolute atomic E-state index is 4.23. The van der Waals surface area contributed by atoms with E-state index in [4.69, 9.17) is 0 Å². The van der Waals surface area contributed by atoms with Crippen LogP contribution in [-0.4, -0.2) is 36.0 Å². The van der Waals surface area contributed by atoms with Crippen molar-refractivity contribution in [1.29, 1.82) is 0 Å². The minimum absolute atomic E-state index is 0.700. The molecule has 0 amide bonds. The molecule has 0 bridgehead atoms. The SMILES string of the molecule is CC1CNCCCN(c2cnn(C)c2)C1. The van der Waals surface area contributed by atoms with Gasteiger partial charge in [0.25, 0.3) is 0 Å². The summed E-state index contributed by atoms with van der Waals surface area (Å²) in [6.45, 7) is 6.79. The van der Waals surface area contributed by atoms with E-state index in [-0.39, 0.29) is 0 Å². The molecular weight excluding hydrogens is 188 g/mol. The van der Waals surface area contributed by atoms with Crippen LogP contribution in [0.5, 0.6) is 0 Å². The largest absolute Gasteiger partial charge is 0.369 e. The summed E-state index contributed by atoms with van der Waals surface area (Å²) in [4.78, 5) is 2.44. The van der Waals surface area contributed by atoms with Crippen LogP contribution in [0.3, 0.4) is 0 Å². The van der Waals surface area contributed by atoms with Gasteiger partial charge in [0.2, 0.25) is 0 Å². The van der Waals surface area contributed by atoms with Gasteiger partial charge in [-0.05, 0) is 25.4 Å². The number of rotatable bonds is 1. The first-order valence-electron chi connectivity index (χ1n) is 5.70. The summed E-state index contributed by atoms with van der Waals surface area (Å²) in [5.41, 5.74) is 1.26. The van der Waals surface area contributed by atoms with Gasteiger partial charge in [-0.1, -0.05) is 6.92 Å². The Labute approximate surface area is 91.3 Å². The molecule has 0 aromatic carbocycles. The van der Waals surface area contributed by atoms with Crippen molar-refractivity contribution < 1.29 is 0 Å². The first-order chi connectivity index (χ1) is 7.25. The fourth-order valence-electron chi connectivity index (χ4n) is 2.08. The molecule has 1 saturated heterocycles. The summed E-state index contributed by atoms with van der Waals surface area (Å²) in [6, 6.07) is 0. The molecule has 1 aromatic rings. The average molecular weight is 208 g/mol. The van der Waals surface area contributed by atoms with Crippen molar-refractivity contribution >= 4 is 5.69 Å². The molecule has 1 N–H and O–H groups in total. The van der Waals surface area contributed by atoms with Crippen molar-refractivity contribution in [2.45, 2.75) is 13.3 Å². The Bertz CT molecular complexity index is 307. The zero-order valence-electron chi connectivity index (χ0n) is 9.61. The summed E-state index contributed by atoms with van der Waals surface area (Å²) in [5, 5.41) is 7.70. The van der Waals surface area contributed by atoms with Gasteiger partial charge in [-0.15, -0.1) is 0 Å². The predicted octanol–water partition coefficient (Wildman–Crippen LogP) is 0.856. The van der Waals surface area contributed by atoms with E-state index in [1.165, 1.54) is 12.1 Å². The van der Waals surface area contributed by atoms with Gasteiger partial charge in [-0.25, -0.2) is 0 Å². The smallest absolute Gasteiger partial charge is 0.0752 e. The Balaban J connectivity index is 2.05. The number of anilines is 1. The number of nitrogens with zero attached hydrogens (tertiary/aromatic N) is 3. The Morgan fingerprint density at radius 2 is 2.40 bits per heavy atom. The fraction of sp³-hybridized carbons (Fsp3) is 0.727. The molecule has 1 atom stereocenters. The van der Waals surface area contributed by atoms with E-state index in [2.05, 4.69) is 28.4 Å². The van der Waals surface area contributed by atoms with Crippen molar-refractivity contribution in [3.05, 3.63) is 12.4 Å². The van der Waals surface area contributed by atoms with Crippen molar-refractivity contribution in [2.24, 2.45) is 13.0 Å². The van der Waals surface area contributed by atoms with Crippen molar-refractivity contribution in [3.63, 3.8) is 0 Å². The van der Waals surface area contributed by atoms with E-state index in [0.717, 1.165) is 26.2 Å². The van der Waals surface area contributed by atoms with Gasteiger partial charge in [0.1, 0.15) is 0 Å². The van der Waals surface area contributed by atoms with E-state index in [0.29, 0.717) is 5.92 Å². The third-order valence-electron chi connectivity index (χ3n) is 2.86. The Kier molecular flexibility index (Phi) is 3.26. The van der Waals surface area contributed by atoms with Crippen LogP contribution in [0.25, 0.3) is 0 Å². The van der Waals surface area contributed by atoms with Gasteiger partial charge in [-0.3, -0.25) is 4.68 Å². The Morgan fingerprint density at radius 3 is 3.13 bits per heavy atom. The monoisotopic (exact) mass is 208 g/mol.